The van der Waals surface area contributed by atoms with Gasteiger partial charge in [0.1, 0.15) is 0 Å². The fraction of sp³-hybridized carbons (Fsp3) is 0.613. The van der Waals surface area contributed by atoms with Crippen LogP contribution < -0.4 is 0 Å². The van der Waals surface area contributed by atoms with E-state index < -0.39 is 0 Å². The van der Waals surface area contributed by atoms with Crippen LogP contribution >= 0.6 is 21.4 Å². The van der Waals surface area contributed by atoms with Crippen molar-refractivity contribution in [3.63, 3.8) is 0 Å². The maximum atomic E-state index is 8.87. The van der Waals surface area contributed by atoms with E-state index in [0.717, 1.165) is 18.7 Å². The second-order valence-electron chi connectivity index (χ2n) is 10.8. The number of benzene rings is 1. The Morgan fingerprint density at radius 1 is 1.00 bits per heavy atom. The van der Waals surface area contributed by atoms with Crippen molar-refractivity contribution in [1.82, 2.24) is 14.8 Å². The van der Waals surface area contributed by atoms with Gasteiger partial charge in [0.2, 0.25) is 0 Å². The number of nitriles is 1. The molecule has 0 atom stereocenters. The van der Waals surface area contributed by atoms with E-state index in [2.05, 4.69) is 53.3 Å². The number of piperidine rings is 1. The molecule has 2 fully saturated rings. The molecule has 0 aliphatic carbocycles. The van der Waals surface area contributed by atoms with Gasteiger partial charge in [-0.05, 0) is 86.9 Å². The van der Waals surface area contributed by atoms with Gasteiger partial charge in [0.05, 0.1) is 17.1 Å². The smallest absolute Gasteiger partial charge is 0.0991 e. The van der Waals surface area contributed by atoms with Crippen LogP contribution in [-0.2, 0) is 13.1 Å². The van der Waals surface area contributed by atoms with Crippen molar-refractivity contribution in [3.8, 4) is 6.07 Å². The average molecular weight is 545 g/mol. The van der Waals surface area contributed by atoms with Crippen molar-refractivity contribution in [2.75, 3.05) is 50.2 Å². The summed E-state index contributed by atoms with van der Waals surface area (Å²) < 4.78 is 0. The van der Waals surface area contributed by atoms with Crippen molar-refractivity contribution < 1.29 is 0 Å². The van der Waals surface area contributed by atoms with Crippen LogP contribution in [-0.4, -0.2) is 65.0 Å². The van der Waals surface area contributed by atoms with Crippen LogP contribution in [0.3, 0.4) is 0 Å². The molecular formula is C31H52N4S2. The molecule has 2 aliphatic rings. The van der Waals surface area contributed by atoms with Gasteiger partial charge in [-0.3, -0.25) is 14.8 Å². The number of likely N-dealkylation sites (tertiary alicyclic amines) is 1. The first-order chi connectivity index (χ1) is 17.7. The molecule has 4 rings (SSSR count). The molecule has 1 aromatic carbocycles. The monoisotopic (exact) mass is 544 g/mol. The van der Waals surface area contributed by atoms with Crippen LogP contribution in [0.2, 0.25) is 0 Å². The van der Waals surface area contributed by atoms with Gasteiger partial charge >= 0.3 is 0 Å². The maximum absolute atomic E-state index is 8.87. The van der Waals surface area contributed by atoms with E-state index >= 15 is 0 Å². The minimum Gasteiger partial charge on any atom is -0.299 e. The molecule has 0 N–H and O–H groups in total. The molecule has 3 heterocycles. The number of nitrogens with zero attached hydrogens (tertiary/aromatic N) is 4. The zero-order valence-corrected chi connectivity index (χ0v) is 26.4. The van der Waals surface area contributed by atoms with E-state index in [9.17, 15) is 0 Å². The Labute approximate surface area is 234 Å². The van der Waals surface area contributed by atoms with Gasteiger partial charge in [-0.2, -0.15) is 5.26 Å². The Bertz CT molecular complexity index is 905. The van der Waals surface area contributed by atoms with Gasteiger partial charge in [-0.1, -0.05) is 52.0 Å². The van der Waals surface area contributed by atoms with Crippen molar-refractivity contribution >= 4 is 21.4 Å². The first-order valence-corrected chi connectivity index (χ1v) is 17.4. The van der Waals surface area contributed by atoms with Crippen molar-refractivity contribution in [2.24, 2.45) is 5.41 Å². The molecule has 0 unspecified atom stereocenters. The van der Waals surface area contributed by atoms with Crippen molar-refractivity contribution in [2.45, 2.75) is 67.5 Å². The first kappa shape index (κ1) is 33.4. The summed E-state index contributed by atoms with van der Waals surface area (Å²) in [7, 11) is -0.248. The fourth-order valence-corrected chi connectivity index (χ4v) is 6.32. The number of rotatable bonds is 4. The summed E-state index contributed by atoms with van der Waals surface area (Å²) in [6.07, 6.45) is 13.4. The molecule has 2 aromatic rings. The summed E-state index contributed by atoms with van der Waals surface area (Å²) >= 11 is 1.77. The topological polar surface area (TPSA) is 43.2 Å². The Hall–Kier alpha value is -1.65. The number of allylic oxidation sites excluding steroid dienone is 2. The number of hydrogen-bond donors (Lipinski definition) is 0. The Morgan fingerprint density at radius 2 is 1.59 bits per heavy atom. The van der Waals surface area contributed by atoms with Gasteiger partial charge < -0.3 is 0 Å². The Morgan fingerprint density at radius 3 is 2.11 bits per heavy atom. The SMILES string of the molecule is C/C=C\C.CC.CC1(C)CCN(Cc2cccc(C#N)c2)CC1.CS1(C)CCN(Cc2cncs2)CC1. The molecule has 0 saturated carbocycles. The molecule has 0 amide bonds. The highest BCUT2D eigenvalue weighted by molar-refractivity contribution is 8.32. The summed E-state index contributed by atoms with van der Waals surface area (Å²) in [6, 6.07) is 10.1. The van der Waals surface area contributed by atoms with Crippen molar-refractivity contribution in [1.29, 1.82) is 5.26 Å². The van der Waals surface area contributed by atoms with E-state index in [1.807, 2.05) is 69.8 Å². The summed E-state index contributed by atoms with van der Waals surface area (Å²) in [5.74, 6) is 2.82. The van der Waals surface area contributed by atoms with E-state index in [1.165, 1.54) is 61.0 Å². The van der Waals surface area contributed by atoms with Crippen LogP contribution in [0.5, 0.6) is 0 Å². The summed E-state index contributed by atoms with van der Waals surface area (Å²) in [5.41, 5.74) is 4.45. The van der Waals surface area contributed by atoms with Crippen LogP contribution in [0.25, 0.3) is 0 Å². The highest BCUT2D eigenvalue weighted by atomic mass is 32.3. The number of aromatic nitrogens is 1. The summed E-state index contributed by atoms with van der Waals surface area (Å²) in [6.45, 7) is 19.7. The Kier molecular flexibility index (Phi) is 16.0. The minimum absolute atomic E-state index is 0.248. The van der Waals surface area contributed by atoms with Gasteiger partial charge in [-0.15, -0.1) is 11.3 Å². The normalized spacial score (nSPS) is 19.6. The predicted molar refractivity (Wildman–Crippen MR) is 168 cm³/mol. The highest BCUT2D eigenvalue weighted by Crippen LogP contribution is 2.41. The number of hydrogen-bond acceptors (Lipinski definition) is 5. The van der Waals surface area contributed by atoms with Crippen LogP contribution in [0.15, 0.2) is 48.1 Å². The lowest BCUT2D eigenvalue weighted by Crippen LogP contribution is -2.37. The van der Waals surface area contributed by atoms with Gasteiger partial charge in [-0.25, -0.2) is 10.0 Å². The van der Waals surface area contributed by atoms with E-state index in [-0.39, 0.29) is 10.0 Å². The standard InChI is InChI=1S/C15H20N2.C10H18N2S2.C4H8.C2H6/c1-15(2)6-8-17(9-7-15)12-14-5-3-4-13(10-14)11-16;1-14(2)5-3-12(4-6-14)8-10-7-11-9-13-10;1-3-4-2;1-2/h3-5,10H,6-9,12H2,1-2H3;7,9H,3-6,8H2,1-2H3;3-4H,1-2H3;1-2H3/b;;4-3-;. The van der Waals surface area contributed by atoms with E-state index in [0.29, 0.717) is 5.41 Å². The lowest BCUT2D eigenvalue weighted by molar-refractivity contribution is 0.127. The van der Waals surface area contributed by atoms with E-state index in [1.54, 1.807) is 11.3 Å². The maximum Gasteiger partial charge on any atom is 0.0991 e. The van der Waals surface area contributed by atoms with Crippen molar-refractivity contribution in [3.05, 3.63) is 64.1 Å². The van der Waals surface area contributed by atoms with Gasteiger partial charge in [0.15, 0.2) is 0 Å². The molecule has 37 heavy (non-hydrogen) atoms. The Balaban J connectivity index is 0.000000309. The minimum atomic E-state index is -0.248. The molecule has 2 aliphatic heterocycles. The summed E-state index contributed by atoms with van der Waals surface area (Å²) in [4.78, 5) is 10.6. The molecule has 1 aromatic heterocycles. The lowest BCUT2D eigenvalue weighted by atomic mass is 9.82. The third-order valence-corrected chi connectivity index (χ3v) is 10.1. The van der Waals surface area contributed by atoms with E-state index in [4.69, 9.17) is 5.26 Å². The highest BCUT2D eigenvalue weighted by Gasteiger charge is 2.25. The van der Waals surface area contributed by atoms with Crippen LogP contribution in [0.4, 0.5) is 0 Å². The van der Waals surface area contributed by atoms with Gasteiger partial charge in [0.25, 0.3) is 0 Å². The fourth-order valence-electron chi connectivity index (χ4n) is 3.98. The molecule has 4 nitrogen and oxygen atoms in total. The average Bonchev–Trinajstić information content (AvgIpc) is 3.42. The molecule has 6 heteroatoms. The molecule has 0 spiro atoms. The third kappa shape index (κ3) is 14.2. The molecular weight excluding hydrogens is 493 g/mol. The summed E-state index contributed by atoms with van der Waals surface area (Å²) in [5, 5.41) is 8.87. The third-order valence-electron chi connectivity index (χ3n) is 6.79. The largest absolute Gasteiger partial charge is 0.299 e. The van der Waals surface area contributed by atoms with Crippen LogP contribution in [0.1, 0.15) is 70.4 Å². The molecule has 0 bridgehead atoms. The first-order valence-electron chi connectivity index (χ1n) is 13.7. The molecule has 2 saturated heterocycles. The second-order valence-corrected chi connectivity index (χ2v) is 16.2. The van der Waals surface area contributed by atoms with Gasteiger partial charge in [0, 0.05) is 37.3 Å². The zero-order chi connectivity index (χ0) is 27.7. The molecule has 208 valence electrons. The van der Waals surface area contributed by atoms with Crippen LogP contribution in [0, 0.1) is 16.7 Å². The lowest BCUT2D eigenvalue weighted by Gasteiger charge is -2.40. The predicted octanol–water partition coefficient (Wildman–Crippen LogP) is 7.81. The number of thiazole rings is 1. The second kappa shape index (κ2) is 17.8. The zero-order valence-electron chi connectivity index (χ0n) is 24.8. The molecule has 0 radical (unpaired) electrons. The quantitative estimate of drug-likeness (QED) is 0.368.